The van der Waals surface area contributed by atoms with Crippen LogP contribution in [0.4, 0.5) is 5.82 Å². The van der Waals surface area contributed by atoms with Gasteiger partial charge in [0.05, 0.1) is 5.69 Å². The van der Waals surface area contributed by atoms with E-state index in [1.54, 1.807) is 0 Å². The van der Waals surface area contributed by atoms with Gasteiger partial charge in [-0.1, -0.05) is 19.1 Å². The summed E-state index contributed by atoms with van der Waals surface area (Å²) in [6, 6.07) is 6.45. The van der Waals surface area contributed by atoms with Gasteiger partial charge in [-0.15, -0.1) is 0 Å². The van der Waals surface area contributed by atoms with Crippen molar-refractivity contribution < 1.29 is 0 Å². The topological polar surface area (TPSA) is 37.8 Å². The smallest absolute Gasteiger partial charge is 0.161 e. The van der Waals surface area contributed by atoms with Crippen LogP contribution in [0.2, 0.25) is 0 Å². The molecule has 0 saturated carbocycles. The van der Waals surface area contributed by atoms with Crippen molar-refractivity contribution in [1.29, 1.82) is 0 Å². The van der Waals surface area contributed by atoms with E-state index >= 15 is 0 Å². The number of anilines is 1. The summed E-state index contributed by atoms with van der Waals surface area (Å²) in [6.07, 6.45) is 1.10. The number of aromatic nitrogens is 2. The largest absolute Gasteiger partial charge is 0.370 e. The fourth-order valence-electron chi connectivity index (χ4n) is 2.45. The Balaban J connectivity index is 2.04. The third-order valence-electron chi connectivity index (χ3n) is 3.89. The number of hydrogen-bond donors (Lipinski definition) is 1. The van der Waals surface area contributed by atoms with Crippen LogP contribution in [0, 0.1) is 13.8 Å². The van der Waals surface area contributed by atoms with Crippen LogP contribution < -0.4 is 5.32 Å². The molecule has 1 aromatic carbocycles. The molecule has 110 valence electrons. The van der Waals surface area contributed by atoms with Crippen molar-refractivity contribution >= 4 is 17.6 Å². The molecule has 1 aliphatic rings. The predicted octanol–water partition coefficient (Wildman–Crippen LogP) is 4.33. The fraction of sp³-hybridized carbons (Fsp3) is 0.412. The molecule has 0 fully saturated rings. The number of thioether (sulfide) groups is 1. The number of hydrogen-bond acceptors (Lipinski definition) is 4. The average molecular weight is 299 g/mol. The predicted molar refractivity (Wildman–Crippen MR) is 90.7 cm³/mol. The van der Waals surface area contributed by atoms with E-state index in [-0.39, 0.29) is 0 Å². The molecular weight excluding hydrogens is 278 g/mol. The zero-order chi connectivity index (χ0) is 14.8. The number of rotatable bonds is 4. The summed E-state index contributed by atoms with van der Waals surface area (Å²) in [4.78, 5) is 9.58. The van der Waals surface area contributed by atoms with Crippen LogP contribution in [0.1, 0.15) is 35.7 Å². The molecule has 0 aliphatic carbocycles. The highest BCUT2D eigenvalue weighted by Gasteiger charge is 2.20. The van der Waals surface area contributed by atoms with Crippen LogP contribution >= 0.6 is 11.8 Å². The molecule has 0 amide bonds. The number of nitrogens with one attached hydrogen (secondary N) is 1. The third kappa shape index (κ3) is 2.91. The standard InChI is InChI=1S/C17H21N3S/c1-4-7-18-17-14-9-21-10-15(14)19-16(20-17)13-6-5-11(2)12(3)8-13/h5-6,8H,4,7,9-10H2,1-3H3,(H,18,19,20). The van der Waals surface area contributed by atoms with Crippen LogP contribution in [0.3, 0.4) is 0 Å². The molecule has 2 aromatic rings. The van der Waals surface area contributed by atoms with Crippen molar-refractivity contribution in [3.63, 3.8) is 0 Å². The normalized spacial score (nSPS) is 13.3. The molecule has 1 N–H and O–H groups in total. The Morgan fingerprint density at radius 2 is 2.00 bits per heavy atom. The summed E-state index contributed by atoms with van der Waals surface area (Å²) in [7, 11) is 0. The molecule has 0 saturated heterocycles. The Bertz CT molecular complexity index is 667. The maximum Gasteiger partial charge on any atom is 0.161 e. The zero-order valence-corrected chi connectivity index (χ0v) is 13.7. The molecule has 0 atom stereocenters. The molecule has 0 bridgehead atoms. The number of fused-ring (bicyclic) bond motifs is 1. The first-order chi connectivity index (χ1) is 10.2. The molecule has 0 unspecified atom stereocenters. The summed E-state index contributed by atoms with van der Waals surface area (Å²) < 4.78 is 0. The van der Waals surface area contributed by atoms with Crippen LogP contribution in [-0.2, 0) is 11.5 Å². The highest BCUT2D eigenvalue weighted by molar-refractivity contribution is 7.98. The van der Waals surface area contributed by atoms with Crippen molar-refractivity contribution in [2.75, 3.05) is 11.9 Å². The van der Waals surface area contributed by atoms with Gasteiger partial charge in [0, 0.05) is 29.2 Å². The van der Waals surface area contributed by atoms with Gasteiger partial charge in [0.2, 0.25) is 0 Å². The minimum Gasteiger partial charge on any atom is -0.370 e. The van der Waals surface area contributed by atoms with Gasteiger partial charge >= 0.3 is 0 Å². The van der Waals surface area contributed by atoms with Gasteiger partial charge in [0.15, 0.2) is 5.82 Å². The van der Waals surface area contributed by atoms with E-state index in [1.807, 2.05) is 11.8 Å². The van der Waals surface area contributed by atoms with E-state index in [4.69, 9.17) is 9.97 Å². The highest BCUT2D eigenvalue weighted by Crippen LogP contribution is 2.34. The minimum absolute atomic E-state index is 0.845. The number of benzene rings is 1. The summed E-state index contributed by atoms with van der Waals surface area (Å²) >= 11 is 1.92. The zero-order valence-electron chi connectivity index (χ0n) is 12.9. The van der Waals surface area contributed by atoms with Crippen molar-refractivity contribution in [3.05, 3.63) is 40.6 Å². The van der Waals surface area contributed by atoms with E-state index < -0.39 is 0 Å². The van der Waals surface area contributed by atoms with Gasteiger partial charge in [-0.25, -0.2) is 9.97 Å². The van der Waals surface area contributed by atoms with Crippen molar-refractivity contribution in [3.8, 4) is 11.4 Å². The Labute approximate surface area is 130 Å². The second-order valence-electron chi connectivity index (χ2n) is 5.54. The Kier molecular flexibility index (Phi) is 4.15. The molecule has 1 aromatic heterocycles. The van der Waals surface area contributed by atoms with Gasteiger partial charge in [-0.2, -0.15) is 11.8 Å². The Morgan fingerprint density at radius 1 is 1.14 bits per heavy atom. The third-order valence-corrected chi connectivity index (χ3v) is 4.86. The molecule has 2 heterocycles. The van der Waals surface area contributed by atoms with Gasteiger partial charge in [-0.05, 0) is 37.5 Å². The monoisotopic (exact) mass is 299 g/mol. The van der Waals surface area contributed by atoms with E-state index in [0.717, 1.165) is 41.7 Å². The second-order valence-corrected chi connectivity index (χ2v) is 6.53. The van der Waals surface area contributed by atoms with Crippen molar-refractivity contribution in [1.82, 2.24) is 9.97 Å². The van der Waals surface area contributed by atoms with Gasteiger partial charge in [0.1, 0.15) is 5.82 Å². The van der Waals surface area contributed by atoms with Gasteiger partial charge in [-0.3, -0.25) is 0 Å². The van der Waals surface area contributed by atoms with E-state index in [2.05, 4.69) is 44.3 Å². The van der Waals surface area contributed by atoms with Crippen LogP contribution in [-0.4, -0.2) is 16.5 Å². The number of nitrogens with zero attached hydrogens (tertiary/aromatic N) is 2. The summed E-state index contributed by atoms with van der Waals surface area (Å²) in [5.74, 6) is 3.89. The summed E-state index contributed by atoms with van der Waals surface area (Å²) in [5.41, 5.74) is 6.19. The van der Waals surface area contributed by atoms with Crippen LogP contribution in [0.15, 0.2) is 18.2 Å². The summed E-state index contributed by atoms with van der Waals surface area (Å²) in [5, 5.41) is 3.47. The maximum atomic E-state index is 4.79. The lowest BCUT2D eigenvalue weighted by Crippen LogP contribution is -2.08. The first-order valence-corrected chi connectivity index (χ1v) is 8.63. The SMILES string of the molecule is CCCNc1nc(-c2ccc(C)c(C)c2)nc2c1CSC2. The number of aryl methyl sites for hydroxylation is 2. The molecular formula is C17H21N3S. The van der Waals surface area contributed by atoms with Crippen LogP contribution in [0.5, 0.6) is 0 Å². The van der Waals surface area contributed by atoms with Gasteiger partial charge < -0.3 is 5.32 Å². The lowest BCUT2D eigenvalue weighted by atomic mass is 10.1. The van der Waals surface area contributed by atoms with Crippen LogP contribution in [0.25, 0.3) is 11.4 Å². The summed E-state index contributed by atoms with van der Waals surface area (Å²) in [6.45, 7) is 7.40. The minimum atomic E-state index is 0.845. The quantitative estimate of drug-likeness (QED) is 0.912. The highest BCUT2D eigenvalue weighted by atomic mass is 32.2. The van der Waals surface area contributed by atoms with E-state index in [9.17, 15) is 0 Å². The maximum absolute atomic E-state index is 4.79. The Morgan fingerprint density at radius 3 is 2.76 bits per heavy atom. The van der Waals surface area contributed by atoms with Crippen molar-refractivity contribution in [2.24, 2.45) is 0 Å². The van der Waals surface area contributed by atoms with E-state index in [1.165, 1.54) is 22.4 Å². The van der Waals surface area contributed by atoms with Crippen molar-refractivity contribution in [2.45, 2.75) is 38.7 Å². The average Bonchev–Trinajstić information content (AvgIpc) is 2.96. The molecule has 21 heavy (non-hydrogen) atoms. The second kappa shape index (κ2) is 6.06. The molecule has 0 spiro atoms. The molecule has 3 nitrogen and oxygen atoms in total. The Hall–Kier alpha value is -1.55. The lowest BCUT2D eigenvalue weighted by Gasteiger charge is -2.12. The molecule has 4 heteroatoms. The first kappa shape index (κ1) is 14.4. The molecule has 0 radical (unpaired) electrons. The molecule has 1 aliphatic heterocycles. The lowest BCUT2D eigenvalue weighted by molar-refractivity contribution is 0.955. The fourth-order valence-corrected chi connectivity index (χ4v) is 3.49. The first-order valence-electron chi connectivity index (χ1n) is 7.48. The van der Waals surface area contributed by atoms with E-state index in [0.29, 0.717) is 0 Å². The van der Waals surface area contributed by atoms with Gasteiger partial charge in [0.25, 0.3) is 0 Å². The molecule has 3 rings (SSSR count).